The summed E-state index contributed by atoms with van der Waals surface area (Å²) < 4.78 is 6.17. The molecule has 27 heavy (non-hydrogen) atoms. The van der Waals surface area contributed by atoms with Gasteiger partial charge in [0.2, 0.25) is 0 Å². The molecule has 2 unspecified atom stereocenters. The van der Waals surface area contributed by atoms with Gasteiger partial charge in [-0.25, -0.2) is 0 Å². The van der Waals surface area contributed by atoms with Gasteiger partial charge >= 0.3 is 0 Å². The van der Waals surface area contributed by atoms with E-state index in [2.05, 4.69) is 27.2 Å². The number of fused-ring (bicyclic) bond motifs is 3. The Morgan fingerprint density at radius 3 is 2.59 bits per heavy atom. The maximum absolute atomic E-state index is 9.20. The van der Waals surface area contributed by atoms with Crippen LogP contribution in [0.2, 0.25) is 0 Å². The predicted molar refractivity (Wildman–Crippen MR) is 102 cm³/mol. The van der Waals surface area contributed by atoms with Gasteiger partial charge < -0.3 is 14.4 Å². The van der Waals surface area contributed by atoms with Crippen LogP contribution < -0.4 is 0 Å². The van der Waals surface area contributed by atoms with Crippen LogP contribution in [0.15, 0.2) is 51.2 Å². The zero-order valence-corrected chi connectivity index (χ0v) is 15.7. The summed E-state index contributed by atoms with van der Waals surface area (Å²) in [4.78, 5) is 2.55. The molecule has 2 aromatic rings. The third-order valence-corrected chi connectivity index (χ3v) is 6.41. The highest BCUT2D eigenvalue weighted by Crippen LogP contribution is 2.39. The van der Waals surface area contributed by atoms with E-state index in [4.69, 9.17) is 4.42 Å². The summed E-state index contributed by atoms with van der Waals surface area (Å²) in [5.74, 6) is 2.43. The lowest BCUT2D eigenvalue weighted by molar-refractivity contribution is 0.00676. The molecule has 0 saturated carbocycles. The van der Waals surface area contributed by atoms with Gasteiger partial charge in [-0.1, -0.05) is 29.5 Å². The van der Waals surface area contributed by atoms with Crippen molar-refractivity contribution in [3.8, 4) is 11.3 Å². The van der Waals surface area contributed by atoms with E-state index in [0.29, 0.717) is 6.04 Å². The zero-order chi connectivity index (χ0) is 18.4. The summed E-state index contributed by atoms with van der Waals surface area (Å²) in [6.07, 6.45) is 2.56. The second-order valence-electron chi connectivity index (χ2n) is 8.29. The van der Waals surface area contributed by atoms with E-state index in [1.807, 2.05) is 36.4 Å². The van der Waals surface area contributed by atoms with Gasteiger partial charge in [-0.3, -0.25) is 5.01 Å². The van der Waals surface area contributed by atoms with Crippen LogP contribution in [0.4, 0.5) is 0 Å². The highest BCUT2D eigenvalue weighted by Gasteiger charge is 2.44. The number of hydrogen-bond acceptors (Lipinski definition) is 6. The summed E-state index contributed by atoms with van der Waals surface area (Å²) in [7, 11) is 0. The van der Waals surface area contributed by atoms with Crippen molar-refractivity contribution < 1.29 is 9.52 Å². The van der Waals surface area contributed by atoms with Crippen molar-refractivity contribution in [3.63, 3.8) is 0 Å². The van der Waals surface area contributed by atoms with Gasteiger partial charge in [-0.15, -0.1) is 0 Å². The number of hydrogen-bond donors (Lipinski definition) is 1. The molecule has 0 aliphatic carbocycles. The van der Waals surface area contributed by atoms with Crippen LogP contribution >= 0.6 is 0 Å². The number of aliphatic hydroxyl groups excluding tert-OH is 1. The molecule has 6 nitrogen and oxygen atoms in total. The standard InChI is InChI=1S/C21H26N4O2/c1-21(14-25(23-22-21)18-12-24-10-8-16(18)9-11-24)20-7-6-19(27-20)17-4-2-15(13-26)3-5-17/h2-7,16,18,26H,8-14H2,1H3. The van der Waals surface area contributed by atoms with E-state index in [1.165, 1.54) is 25.9 Å². The van der Waals surface area contributed by atoms with Crippen LogP contribution in [0.1, 0.15) is 31.1 Å². The number of aliphatic hydroxyl groups is 1. The minimum absolute atomic E-state index is 0.0531. The summed E-state index contributed by atoms with van der Waals surface area (Å²) >= 11 is 0. The number of benzene rings is 1. The Morgan fingerprint density at radius 2 is 1.93 bits per heavy atom. The van der Waals surface area contributed by atoms with Crippen molar-refractivity contribution in [2.45, 2.75) is 38.0 Å². The molecule has 3 fully saturated rings. The van der Waals surface area contributed by atoms with E-state index in [1.54, 1.807) is 0 Å². The van der Waals surface area contributed by atoms with Crippen LogP contribution in [0.5, 0.6) is 0 Å². The Balaban J connectivity index is 1.33. The fourth-order valence-corrected chi connectivity index (χ4v) is 4.67. The molecule has 0 spiro atoms. The zero-order valence-electron chi connectivity index (χ0n) is 15.7. The molecule has 1 N–H and O–H groups in total. The number of furan rings is 1. The van der Waals surface area contributed by atoms with Crippen molar-refractivity contribution in [2.75, 3.05) is 26.2 Å². The lowest BCUT2D eigenvalue weighted by Crippen LogP contribution is -2.56. The average Bonchev–Trinajstić information content (AvgIpc) is 3.37. The molecule has 142 valence electrons. The molecule has 5 heterocycles. The molecular weight excluding hydrogens is 340 g/mol. The van der Waals surface area contributed by atoms with Crippen molar-refractivity contribution in [1.29, 1.82) is 0 Å². The normalized spacial score (nSPS) is 32.4. The number of nitrogens with zero attached hydrogens (tertiary/aromatic N) is 4. The summed E-state index contributed by atoms with van der Waals surface area (Å²) in [5.41, 5.74) is 1.47. The first-order valence-electron chi connectivity index (χ1n) is 9.87. The van der Waals surface area contributed by atoms with Gasteiger partial charge in [0.25, 0.3) is 0 Å². The van der Waals surface area contributed by atoms with Crippen LogP contribution in [0.25, 0.3) is 11.3 Å². The topological polar surface area (TPSA) is 64.6 Å². The fraction of sp³-hybridized carbons (Fsp3) is 0.524. The lowest BCUT2D eigenvalue weighted by Gasteiger charge is -2.47. The minimum atomic E-state index is -0.435. The van der Waals surface area contributed by atoms with Gasteiger partial charge in [-0.2, -0.15) is 5.11 Å². The second-order valence-corrected chi connectivity index (χ2v) is 8.29. The SMILES string of the molecule is CC1(c2ccc(-c3ccc(CO)cc3)o2)CN(C2CN3CCC2CC3)N=N1. The Kier molecular flexibility index (Phi) is 4.06. The van der Waals surface area contributed by atoms with Gasteiger partial charge in [0, 0.05) is 12.1 Å². The van der Waals surface area contributed by atoms with Crippen LogP contribution in [-0.4, -0.2) is 47.2 Å². The van der Waals surface area contributed by atoms with Crippen molar-refractivity contribution in [2.24, 2.45) is 16.3 Å². The number of piperidine rings is 3. The maximum atomic E-state index is 9.20. The molecule has 4 aliphatic rings. The summed E-state index contributed by atoms with van der Waals surface area (Å²) in [5, 5.41) is 20.6. The third kappa shape index (κ3) is 2.97. The predicted octanol–water partition coefficient (Wildman–Crippen LogP) is 3.43. The summed E-state index contributed by atoms with van der Waals surface area (Å²) in [6.45, 7) is 6.52. The molecule has 6 rings (SSSR count). The van der Waals surface area contributed by atoms with E-state index in [9.17, 15) is 5.11 Å². The smallest absolute Gasteiger partial charge is 0.157 e. The minimum Gasteiger partial charge on any atom is -0.458 e. The van der Waals surface area contributed by atoms with E-state index in [-0.39, 0.29) is 6.61 Å². The van der Waals surface area contributed by atoms with Gasteiger partial charge in [0.1, 0.15) is 11.5 Å². The second kappa shape index (κ2) is 6.46. The Labute approximate surface area is 159 Å². The Morgan fingerprint density at radius 1 is 1.15 bits per heavy atom. The molecule has 2 bridgehead atoms. The molecule has 0 radical (unpaired) electrons. The molecular formula is C21H26N4O2. The molecule has 1 aromatic carbocycles. The Hall–Kier alpha value is -2.18. The monoisotopic (exact) mass is 366 g/mol. The first-order chi connectivity index (χ1) is 13.1. The van der Waals surface area contributed by atoms with Gasteiger partial charge in [0.15, 0.2) is 5.54 Å². The van der Waals surface area contributed by atoms with E-state index < -0.39 is 5.54 Å². The third-order valence-electron chi connectivity index (χ3n) is 6.41. The first kappa shape index (κ1) is 17.0. The van der Waals surface area contributed by atoms with Crippen molar-refractivity contribution in [1.82, 2.24) is 9.91 Å². The number of rotatable bonds is 4. The first-order valence-corrected chi connectivity index (χ1v) is 9.87. The van der Waals surface area contributed by atoms with Crippen molar-refractivity contribution in [3.05, 3.63) is 47.7 Å². The van der Waals surface area contributed by atoms with E-state index in [0.717, 1.165) is 41.7 Å². The molecule has 3 saturated heterocycles. The summed E-state index contributed by atoms with van der Waals surface area (Å²) in [6, 6.07) is 12.3. The maximum Gasteiger partial charge on any atom is 0.157 e. The highest BCUT2D eigenvalue weighted by atomic mass is 16.3. The van der Waals surface area contributed by atoms with Crippen LogP contribution in [0, 0.1) is 5.92 Å². The van der Waals surface area contributed by atoms with Crippen LogP contribution in [-0.2, 0) is 12.1 Å². The largest absolute Gasteiger partial charge is 0.458 e. The van der Waals surface area contributed by atoms with Gasteiger partial charge in [-0.05, 0) is 56.5 Å². The molecule has 1 aromatic heterocycles. The van der Waals surface area contributed by atoms with E-state index >= 15 is 0 Å². The van der Waals surface area contributed by atoms with Gasteiger partial charge in [0.05, 0.1) is 19.2 Å². The van der Waals surface area contributed by atoms with Crippen molar-refractivity contribution >= 4 is 0 Å². The fourth-order valence-electron chi connectivity index (χ4n) is 4.67. The molecule has 4 aliphatic heterocycles. The molecule has 2 atom stereocenters. The lowest BCUT2D eigenvalue weighted by atomic mass is 9.83. The highest BCUT2D eigenvalue weighted by molar-refractivity contribution is 5.58. The quantitative estimate of drug-likeness (QED) is 0.900. The average molecular weight is 366 g/mol. The molecule has 0 amide bonds. The molecule has 6 heteroatoms. The van der Waals surface area contributed by atoms with Crippen LogP contribution in [0.3, 0.4) is 0 Å². The Bertz CT molecular complexity index is 838.